The Labute approximate surface area is 151 Å². The lowest BCUT2D eigenvalue weighted by molar-refractivity contribution is 0.204. The fraction of sp³-hybridized carbons (Fsp3) is 0.400. The van der Waals surface area contributed by atoms with Crippen LogP contribution in [0.25, 0.3) is 0 Å². The van der Waals surface area contributed by atoms with Crippen LogP contribution < -0.4 is 0 Å². The molecule has 124 valence electrons. The third-order valence-electron chi connectivity index (χ3n) is 4.80. The Morgan fingerprint density at radius 1 is 1.00 bits per heavy atom. The van der Waals surface area contributed by atoms with Crippen LogP contribution in [0.1, 0.15) is 42.4 Å². The maximum Gasteiger partial charge on any atom is 0.0451 e. The van der Waals surface area contributed by atoms with E-state index in [0.29, 0.717) is 5.92 Å². The molecule has 0 spiro atoms. The third kappa shape index (κ3) is 4.73. The minimum Gasteiger partial charge on any atom is -0.299 e. The molecule has 0 unspecified atom stereocenters. The highest BCUT2D eigenvalue weighted by Crippen LogP contribution is 2.29. The van der Waals surface area contributed by atoms with Gasteiger partial charge in [-0.3, -0.25) is 4.90 Å². The van der Waals surface area contributed by atoms with Crippen molar-refractivity contribution in [3.63, 3.8) is 0 Å². The van der Waals surface area contributed by atoms with Gasteiger partial charge < -0.3 is 0 Å². The van der Waals surface area contributed by atoms with Crippen LogP contribution in [0.3, 0.4) is 0 Å². The van der Waals surface area contributed by atoms with Crippen molar-refractivity contribution in [1.29, 1.82) is 0 Å². The average molecular weight is 350 g/mol. The number of hydrogen-bond acceptors (Lipinski definition) is 1. The van der Waals surface area contributed by atoms with Crippen molar-refractivity contribution in [2.24, 2.45) is 0 Å². The first kappa shape index (κ1) is 18.3. The number of likely N-dealkylation sites (tertiary alicyclic amines) is 1. The van der Waals surface area contributed by atoms with Crippen molar-refractivity contribution in [2.75, 3.05) is 13.1 Å². The molecule has 2 aromatic carbocycles. The molecule has 0 atom stereocenters. The van der Waals surface area contributed by atoms with Crippen LogP contribution in [0.2, 0.25) is 5.02 Å². The average Bonchev–Trinajstić information content (AvgIpc) is 2.58. The van der Waals surface area contributed by atoms with Crippen LogP contribution in [0, 0.1) is 0 Å². The molecule has 1 fully saturated rings. The zero-order valence-electron chi connectivity index (χ0n) is 13.7. The first-order valence-electron chi connectivity index (χ1n) is 8.31. The molecule has 0 aliphatic carbocycles. The molecule has 0 aromatic heterocycles. The SMILES string of the molecule is CCc1ccc(C2CCN(Cc3ccccc3Cl)CC2)cc1.Cl. The molecule has 2 aromatic rings. The summed E-state index contributed by atoms with van der Waals surface area (Å²) in [5, 5.41) is 0.889. The second kappa shape index (κ2) is 8.73. The van der Waals surface area contributed by atoms with E-state index in [4.69, 9.17) is 11.6 Å². The lowest BCUT2D eigenvalue weighted by Gasteiger charge is -2.32. The van der Waals surface area contributed by atoms with Crippen LogP contribution in [-0.2, 0) is 13.0 Å². The molecule has 0 amide bonds. The van der Waals surface area contributed by atoms with Gasteiger partial charge in [0.05, 0.1) is 0 Å². The summed E-state index contributed by atoms with van der Waals surface area (Å²) in [6.07, 6.45) is 3.61. The van der Waals surface area contributed by atoms with E-state index in [1.807, 2.05) is 12.1 Å². The molecule has 3 rings (SSSR count). The van der Waals surface area contributed by atoms with Gasteiger partial charge in [-0.15, -0.1) is 12.4 Å². The van der Waals surface area contributed by atoms with Crippen LogP contribution in [0.4, 0.5) is 0 Å². The van der Waals surface area contributed by atoms with Crippen molar-refractivity contribution in [3.05, 3.63) is 70.2 Å². The molecule has 23 heavy (non-hydrogen) atoms. The fourth-order valence-corrected chi connectivity index (χ4v) is 3.51. The van der Waals surface area contributed by atoms with Gasteiger partial charge in [0.1, 0.15) is 0 Å². The van der Waals surface area contributed by atoms with E-state index in [-0.39, 0.29) is 12.4 Å². The minimum absolute atomic E-state index is 0. The molecule has 1 aliphatic heterocycles. The zero-order chi connectivity index (χ0) is 15.4. The Hall–Kier alpha value is -1.02. The third-order valence-corrected chi connectivity index (χ3v) is 5.17. The Morgan fingerprint density at radius 3 is 2.26 bits per heavy atom. The zero-order valence-corrected chi connectivity index (χ0v) is 15.2. The Kier molecular flexibility index (Phi) is 6.95. The standard InChI is InChI=1S/C20H24ClN.ClH/c1-2-16-7-9-17(10-8-16)18-11-13-22(14-12-18)15-19-5-3-4-6-20(19)21;/h3-10,18H,2,11-15H2,1H3;1H. The molecular weight excluding hydrogens is 325 g/mol. The van der Waals surface area contributed by atoms with Crippen LogP contribution >= 0.6 is 24.0 Å². The second-order valence-corrected chi connectivity index (χ2v) is 6.64. The number of aryl methyl sites for hydroxylation is 1. The van der Waals surface area contributed by atoms with Gasteiger partial charge in [-0.05, 0) is 61.0 Å². The molecule has 0 saturated carbocycles. The molecule has 1 nitrogen and oxygen atoms in total. The molecule has 0 radical (unpaired) electrons. The van der Waals surface area contributed by atoms with Crippen LogP contribution in [0.15, 0.2) is 48.5 Å². The van der Waals surface area contributed by atoms with E-state index in [9.17, 15) is 0 Å². The summed E-state index contributed by atoms with van der Waals surface area (Å²) < 4.78 is 0. The first-order chi connectivity index (χ1) is 10.8. The van der Waals surface area contributed by atoms with Gasteiger partial charge in [-0.2, -0.15) is 0 Å². The highest BCUT2D eigenvalue weighted by atomic mass is 35.5. The van der Waals surface area contributed by atoms with E-state index in [1.54, 1.807) is 0 Å². The van der Waals surface area contributed by atoms with Crippen molar-refractivity contribution in [3.8, 4) is 0 Å². The van der Waals surface area contributed by atoms with Crippen molar-refractivity contribution >= 4 is 24.0 Å². The minimum atomic E-state index is 0. The Bertz CT molecular complexity index is 601. The summed E-state index contributed by atoms with van der Waals surface area (Å²) in [5.74, 6) is 0.716. The maximum absolute atomic E-state index is 6.27. The van der Waals surface area contributed by atoms with Crippen LogP contribution in [-0.4, -0.2) is 18.0 Å². The second-order valence-electron chi connectivity index (χ2n) is 6.24. The smallest absolute Gasteiger partial charge is 0.0451 e. The highest BCUT2D eigenvalue weighted by Gasteiger charge is 2.20. The predicted molar refractivity (Wildman–Crippen MR) is 102 cm³/mol. The topological polar surface area (TPSA) is 3.24 Å². The first-order valence-corrected chi connectivity index (χ1v) is 8.68. The molecule has 3 heteroatoms. The van der Waals surface area contributed by atoms with E-state index in [2.05, 4.69) is 48.2 Å². The number of nitrogens with zero attached hydrogens (tertiary/aromatic N) is 1. The quantitative estimate of drug-likeness (QED) is 0.683. The van der Waals surface area contributed by atoms with Crippen LogP contribution in [0.5, 0.6) is 0 Å². The molecule has 1 aliphatic rings. The van der Waals surface area contributed by atoms with Gasteiger partial charge in [0.2, 0.25) is 0 Å². The number of rotatable bonds is 4. The normalized spacial score (nSPS) is 16.1. The van der Waals surface area contributed by atoms with Crippen molar-refractivity contribution < 1.29 is 0 Å². The summed E-state index contributed by atoms with van der Waals surface area (Å²) in [4.78, 5) is 2.53. The summed E-state index contributed by atoms with van der Waals surface area (Å²) in [6.45, 7) is 5.50. The fourth-order valence-electron chi connectivity index (χ4n) is 3.32. The van der Waals surface area contributed by atoms with Crippen molar-refractivity contribution in [1.82, 2.24) is 4.90 Å². The van der Waals surface area contributed by atoms with Gasteiger partial charge in [0.25, 0.3) is 0 Å². The highest BCUT2D eigenvalue weighted by molar-refractivity contribution is 6.31. The van der Waals surface area contributed by atoms with Gasteiger partial charge in [-0.1, -0.05) is 61.0 Å². The van der Waals surface area contributed by atoms with Crippen molar-refractivity contribution in [2.45, 2.75) is 38.6 Å². The van der Waals surface area contributed by atoms with E-state index < -0.39 is 0 Å². The van der Waals surface area contributed by atoms with Gasteiger partial charge in [-0.25, -0.2) is 0 Å². The maximum atomic E-state index is 6.27. The number of benzene rings is 2. The molecule has 0 bridgehead atoms. The monoisotopic (exact) mass is 349 g/mol. The summed E-state index contributed by atoms with van der Waals surface area (Å²) in [5.41, 5.74) is 4.18. The predicted octanol–water partition coefficient (Wildman–Crippen LogP) is 5.70. The van der Waals surface area contributed by atoms with E-state index in [0.717, 1.165) is 31.1 Å². The Balaban J connectivity index is 0.00000192. The van der Waals surface area contributed by atoms with Gasteiger partial charge in [0, 0.05) is 11.6 Å². The van der Waals surface area contributed by atoms with E-state index in [1.165, 1.54) is 29.5 Å². The summed E-state index contributed by atoms with van der Waals surface area (Å²) in [7, 11) is 0. The number of halogens is 2. The largest absolute Gasteiger partial charge is 0.299 e. The summed E-state index contributed by atoms with van der Waals surface area (Å²) in [6, 6.07) is 17.4. The molecular formula is C20H25Cl2N. The molecule has 1 saturated heterocycles. The summed E-state index contributed by atoms with van der Waals surface area (Å²) >= 11 is 6.27. The number of piperidine rings is 1. The van der Waals surface area contributed by atoms with Gasteiger partial charge in [0.15, 0.2) is 0 Å². The van der Waals surface area contributed by atoms with E-state index >= 15 is 0 Å². The molecule has 0 N–H and O–H groups in total. The lowest BCUT2D eigenvalue weighted by Crippen LogP contribution is -2.32. The molecule has 1 heterocycles. The number of hydrogen-bond donors (Lipinski definition) is 0. The lowest BCUT2D eigenvalue weighted by atomic mass is 9.88. The van der Waals surface area contributed by atoms with Gasteiger partial charge >= 0.3 is 0 Å². The Morgan fingerprint density at radius 2 is 1.65 bits per heavy atom.